The van der Waals surface area contributed by atoms with E-state index >= 15 is 0 Å². The molecule has 5 heteroatoms. The van der Waals surface area contributed by atoms with E-state index in [1.807, 2.05) is 43.4 Å². The van der Waals surface area contributed by atoms with E-state index in [0.29, 0.717) is 12.6 Å². The molecule has 2 aromatic carbocycles. The number of hydrogen-bond acceptors (Lipinski definition) is 3. The van der Waals surface area contributed by atoms with Crippen LogP contribution in [0.2, 0.25) is 0 Å². The molecule has 1 heterocycles. The molecule has 2 N–H and O–H groups in total. The number of likely N-dealkylation sites (N-methyl/N-ethyl adjacent to an activating group) is 1. The van der Waals surface area contributed by atoms with Gasteiger partial charge in [0.05, 0.1) is 12.7 Å². The van der Waals surface area contributed by atoms with Gasteiger partial charge in [-0.25, -0.2) is 0 Å². The van der Waals surface area contributed by atoms with Crippen LogP contribution in [0, 0.1) is 0 Å². The third kappa shape index (κ3) is 5.82. The van der Waals surface area contributed by atoms with Crippen LogP contribution in [-0.4, -0.2) is 25.3 Å². The Morgan fingerprint density at radius 2 is 1.59 bits per heavy atom. The van der Waals surface area contributed by atoms with Crippen molar-refractivity contribution in [2.45, 2.75) is 12.2 Å². The fourth-order valence-electron chi connectivity index (χ4n) is 1.91. The molecule has 118 valence electrons. The maximum absolute atomic E-state index is 9.53. The van der Waals surface area contributed by atoms with E-state index in [4.69, 9.17) is 4.74 Å². The molecular weight excluding hydrogens is 410 g/mol. The molecule has 2 unspecified atom stereocenters. The fourth-order valence-corrected chi connectivity index (χ4v) is 2.44. The minimum Gasteiger partial charge on any atom is -0.387 e. The third-order valence-corrected chi connectivity index (χ3v) is 4.28. The highest BCUT2D eigenvalue weighted by molar-refractivity contribution is 9.10. The molecule has 1 aliphatic heterocycles. The lowest BCUT2D eigenvalue weighted by atomic mass is 10.1. The zero-order chi connectivity index (χ0) is 15.9. The number of halogens is 2. The Morgan fingerprint density at radius 1 is 1.09 bits per heavy atom. The second-order valence-electron chi connectivity index (χ2n) is 5.00. The van der Waals surface area contributed by atoms with Gasteiger partial charge in [0.1, 0.15) is 6.10 Å². The summed E-state index contributed by atoms with van der Waals surface area (Å²) >= 11 is 6.71. The lowest BCUT2D eigenvalue weighted by molar-refractivity contribution is 0.178. The van der Waals surface area contributed by atoms with Gasteiger partial charge in [-0.3, -0.25) is 0 Å². The molecule has 3 nitrogen and oxygen atoms in total. The minimum atomic E-state index is -0.414. The fraction of sp³-hybridized carbons (Fsp3) is 0.294. The van der Waals surface area contributed by atoms with Crippen LogP contribution in [0.15, 0.2) is 57.5 Å². The van der Waals surface area contributed by atoms with Crippen molar-refractivity contribution in [3.05, 3.63) is 68.6 Å². The van der Waals surface area contributed by atoms with Gasteiger partial charge in [-0.2, -0.15) is 0 Å². The van der Waals surface area contributed by atoms with Crippen LogP contribution in [0.3, 0.4) is 0 Å². The Balaban J connectivity index is 0.000000162. The zero-order valence-corrected chi connectivity index (χ0v) is 15.5. The number of epoxide rings is 1. The predicted molar refractivity (Wildman–Crippen MR) is 95.9 cm³/mol. The molecule has 0 radical (unpaired) electrons. The minimum absolute atomic E-state index is 0.382. The lowest BCUT2D eigenvalue weighted by Gasteiger charge is -2.09. The topological polar surface area (TPSA) is 44.8 Å². The van der Waals surface area contributed by atoms with Crippen molar-refractivity contribution in [1.29, 1.82) is 0 Å². The largest absolute Gasteiger partial charge is 0.387 e. The van der Waals surface area contributed by atoms with Crippen LogP contribution >= 0.6 is 31.9 Å². The van der Waals surface area contributed by atoms with E-state index in [9.17, 15) is 5.11 Å². The van der Waals surface area contributed by atoms with Crippen LogP contribution in [0.5, 0.6) is 0 Å². The number of aliphatic hydroxyl groups excluding tert-OH is 1. The first-order valence-corrected chi connectivity index (χ1v) is 8.64. The SMILES string of the molecule is Brc1ccc(C2CO2)cc1.CNCC(O)c1ccc(Br)cc1. The Morgan fingerprint density at radius 3 is 2.05 bits per heavy atom. The maximum Gasteiger partial charge on any atom is 0.106 e. The van der Waals surface area contributed by atoms with E-state index in [2.05, 4.69) is 49.3 Å². The summed E-state index contributed by atoms with van der Waals surface area (Å²) in [6.07, 6.45) is -0.0313. The van der Waals surface area contributed by atoms with Gasteiger partial charge in [-0.05, 0) is 42.4 Å². The van der Waals surface area contributed by atoms with Crippen LogP contribution in [-0.2, 0) is 4.74 Å². The van der Waals surface area contributed by atoms with Gasteiger partial charge in [0.2, 0.25) is 0 Å². The van der Waals surface area contributed by atoms with Gasteiger partial charge in [0.25, 0.3) is 0 Å². The van der Waals surface area contributed by atoms with Crippen LogP contribution in [0.1, 0.15) is 23.3 Å². The Hall–Kier alpha value is -0.720. The number of aliphatic hydroxyl groups is 1. The van der Waals surface area contributed by atoms with E-state index < -0.39 is 6.10 Å². The molecule has 0 aromatic heterocycles. The van der Waals surface area contributed by atoms with Gasteiger partial charge in [0.15, 0.2) is 0 Å². The molecule has 2 aromatic rings. The second kappa shape index (κ2) is 8.79. The molecule has 0 spiro atoms. The molecule has 1 saturated heterocycles. The normalized spacial score (nSPS) is 17.4. The highest BCUT2D eigenvalue weighted by Gasteiger charge is 2.23. The summed E-state index contributed by atoms with van der Waals surface area (Å²) in [7, 11) is 1.82. The summed E-state index contributed by atoms with van der Waals surface area (Å²) in [4.78, 5) is 0. The Labute approximate surface area is 148 Å². The van der Waals surface area contributed by atoms with Crippen LogP contribution in [0.25, 0.3) is 0 Å². The van der Waals surface area contributed by atoms with Gasteiger partial charge in [-0.15, -0.1) is 0 Å². The Bertz CT molecular complexity index is 568. The number of ether oxygens (including phenoxy) is 1. The molecule has 0 saturated carbocycles. The quantitative estimate of drug-likeness (QED) is 0.716. The molecule has 1 aliphatic rings. The Kier molecular flexibility index (Phi) is 7.05. The number of hydrogen-bond donors (Lipinski definition) is 2. The van der Waals surface area contributed by atoms with E-state index in [0.717, 1.165) is 21.1 Å². The molecule has 0 aliphatic carbocycles. The molecule has 3 rings (SSSR count). The highest BCUT2D eigenvalue weighted by atomic mass is 79.9. The van der Waals surface area contributed by atoms with Gasteiger partial charge in [0, 0.05) is 15.5 Å². The van der Waals surface area contributed by atoms with Crippen LogP contribution < -0.4 is 5.32 Å². The van der Waals surface area contributed by atoms with Crippen molar-refractivity contribution in [3.63, 3.8) is 0 Å². The first kappa shape index (κ1) is 17.6. The highest BCUT2D eigenvalue weighted by Crippen LogP contribution is 2.30. The molecule has 22 heavy (non-hydrogen) atoms. The maximum atomic E-state index is 9.53. The van der Waals surface area contributed by atoms with Crippen molar-refractivity contribution in [1.82, 2.24) is 5.32 Å². The smallest absolute Gasteiger partial charge is 0.106 e. The molecule has 1 fully saturated rings. The first-order valence-electron chi connectivity index (χ1n) is 7.05. The van der Waals surface area contributed by atoms with Gasteiger partial charge >= 0.3 is 0 Å². The second-order valence-corrected chi connectivity index (χ2v) is 6.83. The lowest BCUT2D eigenvalue weighted by Crippen LogP contribution is -2.16. The van der Waals surface area contributed by atoms with Crippen molar-refractivity contribution < 1.29 is 9.84 Å². The van der Waals surface area contributed by atoms with Crippen LogP contribution in [0.4, 0.5) is 0 Å². The molecular formula is C17H19Br2NO2. The monoisotopic (exact) mass is 427 g/mol. The molecule has 0 amide bonds. The molecule has 0 bridgehead atoms. The zero-order valence-electron chi connectivity index (χ0n) is 12.3. The number of nitrogens with one attached hydrogen (secondary N) is 1. The van der Waals surface area contributed by atoms with Crippen molar-refractivity contribution >= 4 is 31.9 Å². The van der Waals surface area contributed by atoms with Gasteiger partial charge < -0.3 is 15.2 Å². The molecule has 2 atom stereocenters. The predicted octanol–water partition coefficient (Wildman–Crippen LogP) is 4.22. The van der Waals surface area contributed by atoms with Crippen molar-refractivity contribution in [3.8, 4) is 0 Å². The van der Waals surface area contributed by atoms with Gasteiger partial charge in [-0.1, -0.05) is 56.1 Å². The number of rotatable bonds is 4. The summed E-state index contributed by atoms with van der Waals surface area (Å²) in [5.74, 6) is 0. The van der Waals surface area contributed by atoms with Crippen molar-refractivity contribution in [2.24, 2.45) is 0 Å². The average Bonchev–Trinajstić information content (AvgIpc) is 3.34. The number of benzene rings is 2. The van der Waals surface area contributed by atoms with E-state index in [1.54, 1.807) is 0 Å². The summed E-state index contributed by atoms with van der Waals surface area (Å²) < 4.78 is 7.27. The van der Waals surface area contributed by atoms with E-state index in [1.165, 1.54) is 5.56 Å². The standard InChI is InChI=1S/C9H12BrNO.C8H7BrO/c1-11-6-9(12)7-2-4-8(10)5-3-7;9-7-3-1-6(2-4-7)8-5-10-8/h2-5,9,11-12H,6H2,1H3;1-4,8H,5H2. The average molecular weight is 429 g/mol. The summed E-state index contributed by atoms with van der Waals surface area (Å²) in [6.45, 7) is 1.48. The summed E-state index contributed by atoms with van der Waals surface area (Å²) in [6, 6.07) is 15.9. The summed E-state index contributed by atoms with van der Waals surface area (Å²) in [5, 5.41) is 12.5. The first-order chi connectivity index (χ1) is 10.6. The van der Waals surface area contributed by atoms with E-state index in [-0.39, 0.29) is 0 Å². The third-order valence-electron chi connectivity index (χ3n) is 3.23. The summed E-state index contributed by atoms with van der Waals surface area (Å²) in [5.41, 5.74) is 2.22. The van der Waals surface area contributed by atoms with Crippen molar-refractivity contribution in [2.75, 3.05) is 20.2 Å².